The summed E-state index contributed by atoms with van der Waals surface area (Å²) in [5.41, 5.74) is 0.445. The van der Waals surface area contributed by atoms with Crippen molar-refractivity contribution in [1.82, 2.24) is 10.2 Å². The fourth-order valence-corrected chi connectivity index (χ4v) is 3.50. The normalized spacial score (nSPS) is 27.3. The molecule has 108 valence electrons. The van der Waals surface area contributed by atoms with Gasteiger partial charge in [-0.15, -0.1) is 0 Å². The molecule has 0 spiro atoms. The summed E-state index contributed by atoms with van der Waals surface area (Å²) in [6.07, 6.45) is 5.20. The molecule has 0 heterocycles. The number of hydrogen-bond acceptors (Lipinski definition) is 2. The molecule has 2 atom stereocenters. The molecule has 0 saturated heterocycles. The smallest absolute Gasteiger partial charge is 0.0274 e. The van der Waals surface area contributed by atoms with E-state index in [4.69, 9.17) is 0 Å². The summed E-state index contributed by atoms with van der Waals surface area (Å²) in [6.45, 7) is 16.5. The Balaban J connectivity index is 2.77. The van der Waals surface area contributed by atoms with Crippen molar-refractivity contribution in [2.24, 2.45) is 5.41 Å². The van der Waals surface area contributed by atoms with Crippen LogP contribution in [-0.4, -0.2) is 36.1 Å². The van der Waals surface area contributed by atoms with E-state index in [1.807, 2.05) is 0 Å². The highest BCUT2D eigenvalue weighted by atomic mass is 15.2. The van der Waals surface area contributed by atoms with E-state index >= 15 is 0 Å². The van der Waals surface area contributed by atoms with Crippen molar-refractivity contribution in [2.45, 2.75) is 85.4 Å². The molecule has 2 unspecified atom stereocenters. The first kappa shape index (κ1) is 16.0. The van der Waals surface area contributed by atoms with E-state index in [-0.39, 0.29) is 0 Å². The van der Waals surface area contributed by atoms with Crippen LogP contribution >= 0.6 is 0 Å². The molecule has 0 aromatic carbocycles. The summed E-state index contributed by atoms with van der Waals surface area (Å²) in [5.74, 6) is 0. The molecule has 1 N–H and O–H groups in total. The molecule has 2 nitrogen and oxygen atoms in total. The van der Waals surface area contributed by atoms with Gasteiger partial charge in [0.25, 0.3) is 0 Å². The van der Waals surface area contributed by atoms with E-state index in [1.165, 1.54) is 32.2 Å². The Morgan fingerprint density at radius 2 is 1.89 bits per heavy atom. The predicted octanol–water partition coefficient (Wildman–Crippen LogP) is 3.66. The zero-order chi connectivity index (χ0) is 13.8. The minimum Gasteiger partial charge on any atom is -0.312 e. The summed E-state index contributed by atoms with van der Waals surface area (Å²) < 4.78 is 0. The quantitative estimate of drug-likeness (QED) is 0.746. The molecule has 1 fully saturated rings. The minimum absolute atomic E-state index is 0.445. The van der Waals surface area contributed by atoms with Gasteiger partial charge in [-0.25, -0.2) is 0 Å². The summed E-state index contributed by atoms with van der Waals surface area (Å²) >= 11 is 0. The first-order valence-corrected chi connectivity index (χ1v) is 7.93. The molecule has 1 aliphatic carbocycles. The second-order valence-electron chi connectivity index (χ2n) is 6.86. The molecule has 0 aromatic rings. The molecule has 1 aliphatic rings. The lowest BCUT2D eigenvalue weighted by Crippen LogP contribution is -2.54. The molecule has 0 bridgehead atoms. The topological polar surface area (TPSA) is 15.3 Å². The third-order valence-corrected chi connectivity index (χ3v) is 4.50. The Labute approximate surface area is 115 Å². The van der Waals surface area contributed by atoms with Crippen molar-refractivity contribution in [1.29, 1.82) is 0 Å². The van der Waals surface area contributed by atoms with Crippen LogP contribution in [0.25, 0.3) is 0 Å². The number of rotatable bonds is 7. The van der Waals surface area contributed by atoms with E-state index < -0.39 is 0 Å². The lowest BCUT2D eigenvalue weighted by molar-refractivity contribution is 0.113. The molecule has 1 saturated carbocycles. The maximum atomic E-state index is 3.82. The van der Waals surface area contributed by atoms with Crippen LogP contribution in [-0.2, 0) is 0 Å². The molecule has 0 aromatic heterocycles. The number of nitrogens with one attached hydrogen (secondary N) is 1. The van der Waals surface area contributed by atoms with Crippen molar-refractivity contribution in [3.8, 4) is 0 Å². The van der Waals surface area contributed by atoms with Crippen LogP contribution in [0.3, 0.4) is 0 Å². The van der Waals surface area contributed by atoms with Gasteiger partial charge in [-0.1, -0.05) is 27.7 Å². The van der Waals surface area contributed by atoms with Gasteiger partial charge in [-0.05, 0) is 58.0 Å². The Morgan fingerprint density at radius 3 is 2.39 bits per heavy atom. The first-order valence-electron chi connectivity index (χ1n) is 7.93. The average Bonchev–Trinajstić information content (AvgIpc) is 2.58. The van der Waals surface area contributed by atoms with Gasteiger partial charge < -0.3 is 5.32 Å². The Bertz CT molecular complexity index is 235. The zero-order valence-electron chi connectivity index (χ0n) is 13.4. The lowest BCUT2D eigenvalue weighted by atomic mass is 9.86. The lowest BCUT2D eigenvalue weighted by Gasteiger charge is -2.40. The average molecular weight is 254 g/mol. The highest BCUT2D eigenvalue weighted by Gasteiger charge is 2.44. The third-order valence-electron chi connectivity index (χ3n) is 4.50. The fraction of sp³-hybridized carbons (Fsp3) is 1.00. The van der Waals surface area contributed by atoms with Crippen LogP contribution in [0.5, 0.6) is 0 Å². The van der Waals surface area contributed by atoms with Crippen LogP contribution < -0.4 is 5.32 Å². The van der Waals surface area contributed by atoms with Gasteiger partial charge in [0.1, 0.15) is 0 Å². The van der Waals surface area contributed by atoms with Gasteiger partial charge in [0.15, 0.2) is 0 Å². The molecular formula is C16H34N2. The highest BCUT2D eigenvalue weighted by Crippen LogP contribution is 2.40. The molecule has 18 heavy (non-hydrogen) atoms. The van der Waals surface area contributed by atoms with Crippen molar-refractivity contribution < 1.29 is 0 Å². The largest absolute Gasteiger partial charge is 0.312 e. The second-order valence-corrected chi connectivity index (χ2v) is 6.86. The summed E-state index contributed by atoms with van der Waals surface area (Å²) in [6, 6.07) is 2.05. The fourth-order valence-electron chi connectivity index (χ4n) is 3.50. The van der Waals surface area contributed by atoms with E-state index in [2.05, 4.69) is 51.8 Å². The molecular weight excluding hydrogens is 220 g/mol. The van der Waals surface area contributed by atoms with E-state index in [0.29, 0.717) is 17.5 Å². The Kier molecular flexibility index (Phi) is 6.13. The minimum atomic E-state index is 0.445. The van der Waals surface area contributed by atoms with Crippen molar-refractivity contribution >= 4 is 0 Å². The summed E-state index contributed by atoms with van der Waals surface area (Å²) in [7, 11) is 0. The van der Waals surface area contributed by atoms with Gasteiger partial charge in [-0.2, -0.15) is 0 Å². The molecule has 1 rings (SSSR count). The Hall–Kier alpha value is -0.0800. The van der Waals surface area contributed by atoms with E-state index in [0.717, 1.165) is 12.6 Å². The van der Waals surface area contributed by atoms with Crippen molar-refractivity contribution in [3.63, 3.8) is 0 Å². The molecule has 0 amide bonds. The zero-order valence-corrected chi connectivity index (χ0v) is 13.4. The third kappa shape index (κ3) is 3.71. The van der Waals surface area contributed by atoms with Crippen molar-refractivity contribution in [2.75, 3.05) is 13.1 Å². The number of nitrogens with zero attached hydrogens (tertiary/aromatic N) is 1. The molecule has 2 heteroatoms. The predicted molar refractivity (Wildman–Crippen MR) is 81.0 cm³/mol. The van der Waals surface area contributed by atoms with Gasteiger partial charge in [0.05, 0.1) is 0 Å². The van der Waals surface area contributed by atoms with Gasteiger partial charge in [-0.3, -0.25) is 4.90 Å². The van der Waals surface area contributed by atoms with Crippen LogP contribution in [0.15, 0.2) is 0 Å². The summed E-state index contributed by atoms with van der Waals surface area (Å²) in [4.78, 5) is 2.72. The van der Waals surface area contributed by atoms with Gasteiger partial charge in [0, 0.05) is 18.1 Å². The van der Waals surface area contributed by atoms with Gasteiger partial charge in [0.2, 0.25) is 0 Å². The monoisotopic (exact) mass is 254 g/mol. The maximum Gasteiger partial charge on any atom is 0.0274 e. The van der Waals surface area contributed by atoms with Crippen molar-refractivity contribution in [3.05, 3.63) is 0 Å². The first-order chi connectivity index (χ1) is 8.44. The van der Waals surface area contributed by atoms with Crippen LogP contribution in [0.4, 0.5) is 0 Å². The number of hydrogen-bond donors (Lipinski definition) is 1. The maximum absolute atomic E-state index is 3.82. The van der Waals surface area contributed by atoms with E-state index in [1.54, 1.807) is 0 Å². The van der Waals surface area contributed by atoms with E-state index in [9.17, 15) is 0 Å². The highest BCUT2D eigenvalue weighted by molar-refractivity contribution is 5.01. The standard InChI is InChI=1S/C16H34N2/c1-7-11-17-15-14(9-10-16(15,5)6)18(12-8-2)13(3)4/h13-15,17H,7-12H2,1-6H3. The SMILES string of the molecule is CCCNC1C(N(CCC)C(C)C)CCC1(C)C. The Morgan fingerprint density at radius 1 is 1.22 bits per heavy atom. The molecule has 0 aliphatic heterocycles. The second kappa shape index (κ2) is 6.91. The van der Waals surface area contributed by atoms with Crippen LogP contribution in [0, 0.1) is 5.41 Å². The molecule has 0 radical (unpaired) electrons. The van der Waals surface area contributed by atoms with Crippen LogP contribution in [0.2, 0.25) is 0 Å². The van der Waals surface area contributed by atoms with Crippen LogP contribution in [0.1, 0.15) is 67.2 Å². The van der Waals surface area contributed by atoms with Gasteiger partial charge >= 0.3 is 0 Å². The summed E-state index contributed by atoms with van der Waals surface area (Å²) in [5, 5.41) is 3.82.